The van der Waals surface area contributed by atoms with E-state index >= 15 is 0 Å². The Morgan fingerprint density at radius 2 is 1.69 bits per heavy atom. The molecular weight excluding hydrogens is 506 g/mol. The number of esters is 1. The molecule has 1 unspecified atom stereocenters. The first-order valence-corrected chi connectivity index (χ1v) is 12.5. The van der Waals surface area contributed by atoms with Gasteiger partial charge in [-0.15, -0.1) is 0 Å². The predicted molar refractivity (Wildman–Crippen MR) is 141 cm³/mol. The number of carbonyl (C=O) groups excluding carboxylic acids is 1. The number of aliphatic hydroxyl groups is 1. The van der Waals surface area contributed by atoms with Crippen LogP contribution in [0.2, 0.25) is 0 Å². The fourth-order valence-corrected chi connectivity index (χ4v) is 4.92. The number of benzene rings is 2. The summed E-state index contributed by atoms with van der Waals surface area (Å²) in [5, 5.41) is 20.5. The van der Waals surface area contributed by atoms with E-state index in [1.165, 1.54) is 20.3 Å². The minimum absolute atomic E-state index is 0.0410. The lowest BCUT2D eigenvalue weighted by atomic mass is 9.90. The Morgan fingerprint density at radius 1 is 1.00 bits per heavy atom. The first-order chi connectivity index (χ1) is 18.8. The molecule has 0 amide bonds. The second-order valence-electron chi connectivity index (χ2n) is 9.29. The Morgan fingerprint density at radius 3 is 2.33 bits per heavy atom. The van der Waals surface area contributed by atoms with Crippen LogP contribution in [0.1, 0.15) is 46.1 Å². The number of aliphatic hydroxyl groups excluding tert-OH is 1. The van der Waals surface area contributed by atoms with Gasteiger partial charge in [0.25, 0.3) is 0 Å². The summed E-state index contributed by atoms with van der Waals surface area (Å²) in [6.07, 6.45) is 0.581. The zero-order chi connectivity index (χ0) is 28.1. The van der Waals surface area contributed by atoms with Crippen LogP contribution in [0.25, 0.3) is 0 Å². The molecule has 1 aromatic heterocycles. The molecule has 0 saturated carbocycles. The van der Waals surface area contributed by atoms with Crippen molar-refractivity contribution in [2.45, 2.75) is 38.5 Å². The molecule has 39 heavy (non-hydrogen) atoms. The van der Waals surface area contributed by atoms with Crippen molar-refractivity contribution in [2.75, 3.05) is 35.0 Å². The molecule has 2 heterocycles. The minimum atomic E-state index is -0.833. The largest absolute Gasteiger partial charge is 0.502 e. The normalized spacial score (nSPS) is 13.9. The van der Waals surface area contributed by atoms with E-state index in [4.69, 9.17) is 23.4 Å². The molecule has 10 heteroatoms. The molecule has 0 saturated heterocycles. The van der Waals surface area contributed by atoms with Gasteiger partial charge in [-0.3, -0.25) is 14.5 Å². The Bertz CT molecular complexity index is 1400. The monoisotopic (exact) mass is 539 g/mol. The molecule has 10 nitrogen and oxygen atoms in total. The molecule has 1 aliphatic heterocycles. The van der Waals surface area contributed by atoms with Crippen molar-refractivity contribution < 1.29 is 38.4 Å². The third-order valence-corrected chi connectivity index (χ3v) is 6.97. The van der Waals surface area contributed by atoms with Gasteiger partial charge in [0.05, 0.1) is 53.9 Å². The molecule has 0 radical (unpaired) electrons. The molecule has 4 rings (SSSR count). The van der Waals surface area contributed by atoms with E-state index in [0.29, 0.717) is 53.8 Å². The van der Waals surface area contributed by atoms with Crippen LogP contribution in [0.4, 0.5) is 0 Å². The molecule has 0 spiro atoms. The number of aromatic hydroxyl groups is 1. The molecular formula is C29H33NO9. The first-order valence-electron chi connectivity index (χ1n) is 12.5. The van der Waals surface area contributed by atoms with E-state index in [1.807, 2.05) is 12.1 Å². The molecule has 0 fully saturated rings. The lowest BCUT2D eigenvalue weighted by molar-refractivity contribution is -0.140. The number of nitrogens with zero attached hydrogens (tertiary/aromatic N) is 1. The Kier molecular flexibility index (Phi) is 8.78. The van der Waals surface area contributed by atoms with Gasteiger partial charge in [0.15, 0.2) is 17.3 Å². The quantitative estimate of drug-likeness (QED) is 0.371. The molecule has 1 aliphatic rings. The van der Waals surface area contributed by atoms with Gasteiger partial charge in [0.2, 0.25) is 11.2 Å². The summed E-state index contributed by atoms with van der Waals surface area (Å²) < 4.78 is 27.1. The smallest absolute Gasteiger partial charge is 0.306 e. The van der Waals surface area contributed by atoms with Crippen molar-refractivity contribution in [3.8, 4) is 23.0 Å². The van der Waals surface area contributed by atoms with Crippen LogP contribution >= 0.6 is 0 Å². The highest BCUT2D eigenvalue weighted by atomic mass is 16.5. The average molecular weight is 540 g/mol. The number of ether oxygens (including phenoxy) is 4. The molecule has 208 valence electrons. The zero-order valence-corrected chi connectivity index (χ0v) is 22.5. The topological polar surface area (TPSA) is 128 Å². The van der Waals surface area contributed by atoms with Crippen molar-refractivity contribution in [1.29, 1.82) is 0 Å². The second kappa shape index (κ2) is 12.2. The number of fused-ring (bicyclic) bond motifs is 1. The molecule has 0 aliphatic carbocycles. The summed E-state index contributed by atoms with van der Waals surface area (Å²) in [6.45, 7) is 1.32. The Hall–Kier alpha value is -4.02. The maximum Gasteiger partial charge on any atom is 0.306 e. The number of carbonyl (C=O) groups is 1. The van der Waals surface area contributed by atoms with E-state index in [-0.39, 0.29) is 18.8 Å². The first kappa shape index (κ1) is 28.0. The van der Waals surface area contributed by atoms with E-state index < -0.39 is 23.1 Å². The van der Waals surface area contributed by atoms with Gasteiger partial charge in [-0.05, 0) is 47.4 Å². The van der Waals surface area contributed by atoms with Crippen molar-refractivity contribution in [2.24, 2.45) is 0 Å². The van der Waals surface area contributed by atoms with Crippen molar-refractivity contribution in [1.82, 2.24) is 4.90 Å². The molecule has 0 bridgehead atoms. The highest BCUT2D eigenvalue weighted by molar-refractivity contribution is 5.71. The van der Waals surface area contributed by atoms with Crippen molar-refractivity contribution in [3.63, 3.8) is 0 Å². The van der Waals surface area contributed by atoms with Gasteiger partial charge in [0, 0.05) is 24.7 Å². The van der Waals surface area contributed by atoms with E-state index in [1.54, 1.807) is 32.4 Å². The van der Waals surface area contributed by atoms with Crippen LogP contribution in [-0.4, -0.2) is 56.1 Å². The van der Waals surface area contributed by atoms with E-state index in [9.17, 15) is 19.8 Å². The third-order valence-electron chi connectivity index (χ3n) is 6.97. The number of hydrogen-bond donors (Lipinski definition) is 2. The van der Waals surface area contributed by atoms with Gasteiger partial charge >= 0.3 is 5.97 Å². The number of methoxy groups -OCH3 is 4. The maximum absolute atomic E-state index is 12.8. The highest BCUT2D eigenvalue weighted by Crippen LogP contribution is 2.37. The minimum Gasteiger partial charge on any atom is -0.502 e. The summed E-state index contributed by atoms with van der Waals surface area (Å²) >= 11 is 0. The van der Waals surface area contributed by atoms with Crippen LogP contribution in [0.15, 0.2) is 45.6 Å². The fourth-order valence-electron chi connectivity index (χ4n) is 4.92. The molecule has 1 atom stereocenters. The van der Waals surface area contributed by atoms with E-state index in [0.717, 1.165) is 17.5 Å². The second-order valence-corrected chi connectivity index (χ2v) is 9.29. The predicted octanol–water partition coefficient (Wildman–Crippen LogP) is 3.12. The highest BCUT2D eigenvalue weighted by Gasteiger charge is 2.28. The van der Waals surface area contributed by atoms with Gasteiger partial charge in [0.1, 0.15) is 11.5 Å². The van der Waals surface area contributed by atoms with Crippen molar-refractivity contribution in [3.05, 3.63) is 80.4 Å². The SMILES string of the molecule is COC(=O)CC(c1ccc(OC)c(CO)c1)c1oc(CN2CCc3cc(OC)c(OC)cc3C2)cc(=O)c1O. The van der Waals surface area contributed by atoms with Crippen LogP contribution in [0.5, 0.6) is 23.0 Å². The Labute approximate surface area is 226 Å². The average Bonchev–Trinajstić information content (AvgIpc) is 2.96. The van der Waals surface area contributed by atoms with Crippen LogP contribution in [0.3, 0.4) is 0 Å². The lowest BCUT2D eigenvalue weighted by Crippen LogP contribution is -2.30. The molecule has 3 aromatic rings. The summed E-state index contributed by atoms with van der Waals surface area (Å²) in [7, 11) is 5.94. The number of hydrogen-bond acceptors (Lipinski definition) is 10. The molecule has 2 N–H and O–H groups in total. The van der Waals surface area contributed by atoms with Gasteiger partial charge in [-0.25, -0.2) is 0 Å². The Balaban J connectivity index is 1.67. The van der Waals surface area contributed by atoms with E-state index in [2.05, 4.69) is 4.90 Å². The summed E-state index contributed by atoms with van der Waals surface area (Å²) in [5.74, 6) is 0.142. The lowest BCUT2D eigenvalue weighted by Gasteiger charge is -2.29. The standard InChI is InChI=1S/C29H33NO9/c1-35-24-6-5-18(9-20(24)16-31)22(13-27(33)38-4)29-28(34)23(32)12-21(39-29)15-30-8-7-17-10-25(36-2)26(37-3)11-19(17)14-30/h5-6,9-12,22,31,34H,7-8,13-16H2,1-4H3. The van der Waals surface area contributed by atoms with Crippen LogP contribution < -0.4 is 19.6 Å². The summed E-state index contributed by atoms with van der Waals surface area (Å²) in [4.78, 5) is 27.3. The van der Waals surface area contributed by atoms with Crippen LogP contribution in [-0.2, 0) is 35.6 Å². The summed E-state index contributed by atoms with van der Waals surface area (Å²) in [6, 6.07) is 10.2. The third kappa shape index (κ3) is 6.02. The van der Waals surface area contributed by atoms with Gasteiger partial charge in [-0.2, -0.15) is 0 Å². The van der Waals surface area contributed by atoms with Crippen LogP contribution in [0, 0.1) is 0 Å². The maximum atomic E-state index is 12.8. The molecule has 2 aromatic carbocycles. The van der Waals surface area contributed by atoms with Gasteiger partial charge in [-0.1, -0.05) is 6.07 Å². The van der Waals surface area contributed by atoms with Crippen molar-refractivity contribution >= 4 is 5.97 Å². The summed E-state index contributed by atoms with van der Waals surface area (Å²) in [5.41, 5.74) is 2.67. The fraction of sp³-hybridized carbons (Fsp3) is 0.379. The van der Waals surface area contributed by atoms with Gasteiger partial charge < -0.3 is 33.6 Å². The zero-order valence-electron chi connectivity index (χ0n) is 22.5. The number of rotatable bonds is 10.